The van der Waals surface area contributed by atoms with Crippen molar-refractivity contribution >= 4 is 23.2 Å². The normalized spacial score (nSPS) is 12.9. The zero-order chi connectivity index (χ0) is 20.4. The molecule has 2 aromatic carbocycles. The molecule has 29 heavy (non-hydrogen) atoms. The highest BCUT2D eigenvalue weighted by molar-refractivity contribution is 6.07. The van der Waals surface area contributed by atoms with Gasteiger partial charge >= 0.3 is 0 Å². The van der Waals surface area contributed by atoms with Crippen LogP contribution < -0.4 is 10.6 Å². The fraction of sp³-hybridized carbons (Fsp3) is 0.190. The molecule has 1 aliphatic heterocycles. The fourth-order valence-electron chi connectivity index (χ4n) is 3.38. The smallest absolute Gasteiger partial charge is 0.291 e. The minimum absolute atomic E-state index is 0.0293. The van der Waals surface area contributed by atoms with Gasteiger partial charge in [0.25, 0.3) is 11.8 Å². The maximum atomic E-state index is 13.9. The highest BCUT2D eigenvalue weighted by Crippen LogP contribution is 2.23. The Morgan fingerprint density at radius 3 is 2.52 bits per heavy atom. The van der Waals surface area contributed by atoms with Crippen molar-refractivity contribution in [2.24, 2.45) is 0 Å². The van der Waals surface area contributed by atoms with Crippen LogP contribution in [0.5, 0.6) is 0 Å². The number of carbonyl (C=O) groups excluding carboxylic acids is 2. The number of anilines is 2. The minimum Gasteiger partial charge on any atom is -0.323 e. The average Bonchev–Trinajstić information content (AvgIpc) is 3.11. The number of para-hydroxylation sites is 1. The van der Waals surface area contributed by atoms with Gasteiger partial charge in [-0.25, -0.2) is 13.8 Å². The molecule has 0 atom stereocenters. The van der Waals surface area contributed by atoms with Crippen molar-refractivity contribution in [2.75, 3.05) is 10.6 Å². The third-order valence-electron chi connectivity index (χ3n) is 4.75. The Hall–Kier alpha value is -3.55. The molecule has 0 fully saturated rings. The summed E-state index contributed by atoms with van der Waals surface area (Å²) in [5, 5.41) is 5.19. The third kappa shape index (κ3) is 3.87. The van der Waals surface area contributed by atoms with E-state index in [0.717, 1.165) is 25.0 Å². The van der Waals surface area contributed by atoms with Gasteiger partial charge < -0.3 is 15.2 Å². The van der Waals surface area contributed by atoms with Crippen LogP contribution in [0, 0.1) is 11.6 Å². The van der Waals surface area contributed by atoms with Gasteiger partial charge in [-0.05, 0) is 43.5 Å². The van der Waals surface area contributed by atoms with E-state index >= 15 is 0 Å². The molecule has 0 aliphatic carbocycles. The second-order valence-electron chi connectivity index (χ2n) is 6.74. The number of aromatic nitrogens is 2. The van der Waals surface area contributed by atoms with Crippen LogP contribution in [-0.4, -0.2) is 21.4 Å². The van der Waals surface area contributed by atoms with Crippen LogP contribution in [0.25, 0.3) is 0 Å². The zero-order valence-corrected chi connectivity index (χ0v) is 15.4. The van der Waals surface area contributed by atoms with Gasteiger partial charge in [0.2, 0.25) is 0 Å². The Kier molecular flexibility index (Phi) is 5.07. The molecule has 4 rings (SSSR count). The molecule has 2 heterocycles. The van der Waals surface area contributed by atoms with E-state index in [0.29, 0.717) is 30.4 Å². The molecule has 0 unspecified atom stereocenters. The van der Waals surface area contributed by atoms with Crippen LogP contribution in [0.15, 0.2) is 48.5 Å². The molecule has 1 aliphatic rings. The molecule has 6 nitrogen and oxygen atoms in total. The summed E-state index contributed by atoms with van der Waals surface area (Å²) in [6.07, 6.45) is 2.34. The Bertz CT molecular complexity index is 1080. The van der Waals surface area contributed by atoms with E-state index in [-0.39, 0.29) is 17.2 Å². The second-order valence-corrected chi connectivity index (χ2v) is 6.74. The third-order valence-corrected chi connectivity index (χ3v) is 4.75. The summed E-state index contributed by atoms with van der Waals surface area (Å²) in [7, 11) is 0. The molecule has 1 aromatic heterocycles. The number of rotatable bonds is 4. The lowest BCUT2D eigenvalue weighted by atomic mass is 10.1. The van der Waals surface area contributed by atoms with Crippen LogP contribution in [0.4, 0.5) is 20.2 Å². The lowest BCUT2D eigenvalue weighted by Crippen LogP contribution is -2.22. The van der Waals surface area contributed by atoms with E-state index in [4.69, 9.17) is 0 Å². The average molecular weight is 396 g/mol. The summed E-state index contributed by atoms with van der Waals surface area (Å²) in [5.41, 5.74) is 1.32. The van der Waals surface area contributed by atoms with E-state index in [1.165, 1.54) is 0 Å². The Labute approximate surface area is 165 Å². The lowest BCUT2D eigenvalue weighted by Gasteiger charge is -2.17. The van der Waals surface area contributed by atoms with Gasteiger partial charge in [-0.2, -0.15) is 0 Å². The van der Waals surface area contributed by atoms with Crippen molar-refractivity contribution in [3.05, 3.63) is 77.4 Å². The van der Waals surface area contributed by atoms with E-state index < -0.39 is 23.4 Å². The monoisotopic (exact) mass is 396 g/mol. The van der Waals surface area contributed by atoms with Crippen molar-refractivity contribution < 1.29 is 18.4 Å². The maximum Gasteiger partial charge on any atom is 0.291 e. The minimum atomic E-state index is -0.884. The lowest BCUT2D eigenvalue weighted by molar-refractivity contribution is 0.101. The van der Waals surface area contributed by atoms with Crippen LogP contribution in [0.2, 0.25) is 0 Å². The topological polar surface area (TPSA) is 76.0 Å². The first kappa shape index (κ1) is 18.8. The molecule has 8 heteroatoms. The van der Waals surface area contributed by atoms with E-state index in [1.54, 1.807) is 28.8 Å². The van der Waals surface area contributed by atoms with Gasteiger partial charge in [-0.1, -0.05) is 18.2 Å². The van der Waals surface area contributed by atoms with Gasteiger partial charge in [-0.15, -0.1) is 0 Å². The number of benzene rings is 2. The fourth-order valence-corrected chi connectivity index (χ4v) is 3.38. The van der Waals surface area contributed by atoms with Crippen LogP contribution in [0.1, 0.15) is 39.6 Å². The Morgan fingerprint density at radius 2 is 1.76 bits per heavy atom. The van der Waals surface area contributed by atoms with Gasteiger partial charge in [0.1, 0.15) is 11.6 Å². The number of fused-ring (bicyclic) bond motifs is 1. The van der Waals surface area contributed by atoms with Crippen molar-refractivity contribution in [1.29, 1.82) is 0 Å². The molecule has 0 radical (unpaired) electrons. The van der Waals surface area contributed by atoms with Gasteiger partial charge in [0, 0.05) is 18.3 Å². The quantitative estimate of drug-likeness (QED) is 0.700. The van der Waals surface area contributed by atoms with Crippen molar-refractivity contribution in [2.45, 2.75) is 25.8 Å². The summed E-state index contributed by atoms with van der Waals surface area (Å²) in [6, 6.07) is 11.8. The summed E-state index contributed by atoms with van der Waals surface area (Å²) in [6.45, 7) is 0.537. The zero-order valence-electron chi connectivity index (χ0n) is 15.4. The van der Waals surface area contributed by atoms with Crippen molar-refractivity contribution in [3.63, 3.8) is 0 Å². The Morgan fingerprint density at radius 1 is 0.966 bits per heavy atom. The molecule has 2 amide bonds. The number of hydrogen-bond donors (Lipinski definition) is 2. The van der Waals surface area contributed by atoms with Crippen LogP contribution in [0.3, 0.4) is 0 Å². The summed E-state index contributed by atoms with van der Waals surface area (Å²) in [5.74, 6) is -2.66. The molecular weight excluding hydrogens is 378 g/mol. The number of nitrogens with one attached hydrogen (secondary N) is 2. The molecule has 0 saturated carbocycles. The van der Waals surface area contributed by atoms with Gasteiger partial charge in [-0.3, -0.25) is 9.59 Å². The molecule has 0 spiro atoms. The first-order chi connectivity index (χ1) is 14.0. The number of hydrogen-bond acceptors (Lipinski definition) is 3. The first-order valence-corrected chi connectivity index (χ1v) is 9.25. The molecule has 148 valence electrons. The highest BCUT2D eigenvalue weighted by Gasteiger charge is 2.28. The van der Waals surface area contributed by atoms with E-state index in [1.807, 2.05) is 6.07 Å². The summed E-state index contributed by atoms with van der Waals surface area (Å²) >= 11 is 0. The number of carbonyl (C=O) groups is 2. The van der Waals surface area contributed by atoms with E-state index in [2.05, 4.69) is 15.6 Å². The van der Waals surface area contributed by atoms with E-state index in [9.17, 15) is 18.4 Å². The van der Waals surface area contributed by atoms with Crippen LogP contribution in [-0.2, 0) is 13.0 Å². The van der Waals surface area contributed by atoms with Crippen molar-refractivity contribution in [3.8, 4) is 0 Å². The second kappa shape index (κ2) is 7.83. The number of imidazole rings is 1. The molecule has 3 aromatic rings. The summed E-state index contributed by atoms with van der Waals surface area (Å²) in [4.78, 5) is 29.8. The SMILES string of the molecule is O=C(Nc1ccccc1)c1nc(C(=O)Nc2ccc(F)cc2F)n2c1CCCC2. The number of amides is 2. The summed E-state index contributed by atoms with van der Waals surface area (Å²) < 4.78 is 28.7. The predicted molar refractivity (Wildman–Crippen MR) is 104 cm³/mol. The van der Waals surface area contributed by atoms with Crippen LogP contribution >= 0.6 is 0 Å². The van der Waals surface area contributed by atoms with Gasteiger partial charge in [0.05, 0.1) is 11.4 Å². The number of nitrogens with zero attached hydrogens (tertiary/aromatic N) is 2. The molecule has 0 saturated heterocycles. The molecule has 0 bridgehead atoms. The highest BCUT2D eigenvalue weighted by atomic mass is 19.1. The first-order valence-electron chi connectivity index (χ1n) is 9.25. The maximum absolute atomic E-state index is 13.9. The largest absolute Gasteiger partial charge is 0.323 e. The number of halogens is 2. The van der Waals surface area contributed by atoms with Crippen molar-refractivity contribution in [1.82, 2.24) is 9.55 Å². The molecular formula is C21H18F2N4O2. The molecule has 2 N–H and O–H groups in total. The van der Waals surface area contributed by atoms with Gasteiger partial charge in [0.15, 0.2) is 11.5 Å². The predicted octanol–water partition coefficient (Wildman–Crippen LogP) is 4.00. The standard InChI is InChI=1S/C21H18F2N4O2/c22-13-9-10-16(15(23)12-13)25-21(29)19-26-18(17-8-4-5-11-27(17)19)20(28)24-14-6-2-1-3-7-14/h1-3,6-7,9-10,12H,4-5,8,11H2,(H,24,28)(H,25,29). The Balaban J connectivity index is 1.63.